The summed E-state index contributed by atoms with van der Waals surface area (Å²) in [6.45, 7) is 8.37. The van der Waals surface area contributed by atoms with Crippen LogP contribution in [0.5, 0.6) is 5.75 Å². The second kappa shape index (κ2) is 11.9. The standard InChI is InChI=1S/C31H36N4O4/c1-31(2,3)39-30(36)34-15-14-28(25-10-12-27(13-11-25)37-17-16-35-22-32-21-33-35)29(19-34)38-20-23-8-9-24-6-4-5-7-26(24)18-23/h4-13,18,21-22,28-29H,14-17,19-20H2,1-3H3. The SMILES string of the molecule is CC(C)(C)OC(=O)N1CCC(c2ccc(OCCn3cncn3)cc2)C(OCc2ccc3ccccc3c2)C1. The van der Waals surface area contributed by atoms with Gasteiger partial charge in [0, 0.05) is 12.5 Å². The zero-order chi connectivity index (χ0) is 27.2. The quantitative estimate of drug-likeness (QED) is 0.287. The Labute approximate surface area is 229 Å². The second-order valence-corrected chi connectivity index (χ2v) is 10.9. The van der Waals surface area contributed by atoms with Crippen molar-refractivity contribution in [3.63, 3.8) is 0 Å². The van der Waals surface area contributed by atoms with E-state index in [-0.39, 0.29) is 18.1 Å². The molecule has 0 aliphatic carbocycles. The van der Waals surface area contributed by atoms with E-state index in [1.165, 1.54) is 22.7 Å². The summed E-state index contributed by atoms with van der Waals surface area (Å²) < 4.78 is 19.8. The number of piperidine rings is 1. The topological polar surface area (TPSA) is 78.7 Å². The van der Waals surface area contributed by atoms with Crippen molar-refractivity contribution in [3.8, 4) is 5.75 Å². The van der Waals surface area contributed by atoms with Gasteiger partial charge in [-0.15, -0.1) is 0 Å². The van der Waals surface area contributed by atoms with Gasteiger partial charge in [-0.3, -0.25) is 0 Å². The number of carbonyl (C=O) groups is 1. The van der Waals surface area contributed by atoms with E-state index in [0.29, 0.717) is 32.8 Å². The largest absolute Gasteiger partial charge is 0.492 e. The van der Waals surface area contributed by atoms with Crippen LogP contribution < -0.4 is 4.74 Å². The monoisotopic (exact) mass is 528 g/mol. The van der Waals surface area contributed by atoms with Gasteiger partial charge in [0.15, 0.2) is 0 Å². The zero-order valence-electron chi connectivity index (χ0n) is 22.8. The van der Waals surface area contributed by atoms with Gasteiger partial charge in [-0.2, -0.15) is 5.10 Å². The smallest absolute Gasteiger partial charge is 0.410 e. The molecular formula is C31H36N4O4. The number of carbonyl (C=O) groups excluding carboxylic acids is 1. The molecule has 0 radical (unpaired) electrons. The van der Waals surface area contributed by atoms with Crippen molar-refractivity contribution in [1.82, 2.24) is 19.7 Å². The lowest BCUT2D eigenvalue weighted by Gasteiger charge is -2.39. The fourth-order valence-corrected chi connectivity index (χ4v) is 4.91. The molecule has 204 valence electrons. The van der Waals surface area contributed by atoms with Gasteiger partial charge in [0.1, 0.15) is 30.6 Å². The maximum absolute atomic E-state index is 12.9. The van der Waals surface area contributed by atoms with E-state index < -0.39 is 5.60 Å². The highest BCUT2D eigenvalue weighted by molar-refractivity contribution is 5.82. The van der Waals surface area contributed by atoms with E-state index >= 15 is 0 Å². The average molecular weight is 529 g/mol. The Morgan fingerprint density at radius 2 is 1.82 bits per heavy atom. The predicted octanol–water partition coefficient (Wildman–Crippen LogP) is 5.82. The van der Waals surface area contributed by atoms with Crippen molar-refractivity contribution < 1.29 is 19.0 Å². The summed E-state index contributed by atoms with van der Waals surface area (Å²) in [6.07, 6.45) is 3.51. The Kier molecular flexibility index (Phi) is 8.12. The molecule has 2 atom stereocenters. The molecule has 4 aromatic rings. The van der Waals surface area contributed by atoms with Crippen LogP contribution in [0.15, 0.2) is 79.4 Å². The summed E-state index contributed by atoms with van der Waals surface area (Å²) >= 11 is 0. The van der Waals surface area contributed by atoms with Crippen LogP contribution in [0.1, 0.15) is 44.2 Å². The third-order valence-electron chi connectivity index (χ3n) is 6.85. The molecule has 1 amide bonds. The number of benzene rings is 3. The summed E-state index contributed by atoms with van der Waals surface area (Å²) in [4.78, 5) is 18.6. The van der Waals surface area contributed by atoms with E-state index in [1.807, 2.05) is 45.0 Å². The van der Waals surface area contributed by atoms with Crippen molar-refractivity contribution in [3.05, 3.63) is 90.5 Å². The molecule has 2 heterocycles. The second-order valence-electron chi connectivity index (χ2n) is 10.9. The maximum atomic E-state index is 12.9. The summed E-state index contributed by atoms with van der Waals surface area (Å²) in [5.41, 5.74) is 1.74. The molecule has 3 aromatic carbocycles. The zero-order valence-corrected chi connectivity index (χ0v) is 22.8. The Bertz CT molecular complexity index is 1370. The number of nitrogens with zero attached hydrogens (tertiary/aromatic N) is 4. The third-order valence-corrected chi connectivity index (χ3v) is 6.85. The molecular weight excluding hydrogens is 492 g/mol. The highest BCUT2D eigenvalue weighted by Gasteiger charge is 2.35. The Morgan fingerprint density at radius 1 is 1.03 bits per heavy atom. The van der Waals surface area contributed by atoms with Crippen molar-refractivity contribution >= 4 is 16.9 Å². The molecule has 1 aliphatic rings. The van der Waals surface area contributed by atoms with Crippen molar-refractivity contribution in [2.24, 2.45) is 0 Å². The van der Waals surface area contributed by atoms with Gasteiger partial charge in [0.2, 0.25) is 0 Å². The van der Waals surface area contributed by atoms with Gasteiger partial charge in [-0.25, -0.2) is 14.5 Å². The van der Waals surface area contributed by atoms with Crippen LogP contribution in [0.4, 0.5) is 4.79 Å². The molecule has 0 N–H and O–H groups in total. The lowest BCUT2D eigenvalue weighted by Crippen LogP contribution is -2.48. The molecule has 8 heteroatoms. The number of amides is 1. The fourth-order valence-electron chi connectivity index (χ4n) is 4.91. The molecule has 1 saturated heterocycles. The maximum Gasteiger partial charge on any atom is 0.410 e. The van der Waals surface area contributed by atoms with Crippen LogP contribution in [0, 0.1) is 0 Å². The number of aromatic nitrogens is 3. The minimum Gasteiger partial charge on any atom is -0.492 e. The van der Waals surface area contributed by atoms with Gasteiger partial charge >= 0.3 is 6.09 Å². The normalized spacial score (nSPS) is 17.8. The van der Waals surface area contributed by atoms with Crippen LogP contribution in [0.2, 0.25) is 0 Å². The van der Waals surface area contributed by atoms with E-state index in [2.05, 4.69) is 52.5 Å². The predicted molar refractivity (Wildman–Crippen MR) is 150 cm³/mol. The van der Waals surface area contributed by atoms with Gasteiger partial charge in [-0.05, 0) is 67.3 Å². The summed E-state index contributed by atoms with van der Waals surface area (Å²) in [5, 5.41) is 6.49. The highest BCUT2D eigenvalue weighted by atomic mass is 16.6. The Balaban J connectivity index is 1.27. The number of rotatable bonds is 8. The molecule has 5 rings (SSSR count). The third kappa shape index (κ3) is 7.15. The van der Waals surface area contributed by atoms with Gasteiger partial charge in [0.05, 0.1) is 25.8 Å². The molecule has 39 heavy (non-hydrogen) atoms. The number of ether oxygens (including phenoxy) is 3. The number of fused-ring (bicyclic) bond motifs is 1. The Morgan fingerprint density at radius 3 is 2.56 bits per heavy atom. The molecule has 1 fully saturated rings. The van der Waals surface area contributed by atoms with E-state index in [1.54, 1.807) is 15.9 Å². The van der Waals surface area contributed by atoms with Crippen LogP contribution in [0.25, 0.3) is 10.8 Å². The molecule has 1 aromatic heterocycles. The first-order chi connectivity index (χ1) is 18.8. The molecule has 0 spiro atoms. The summed E-state index contributed by atoms with van der Waals surface area (Å²) in [6, 6.07) is 22.9. The van der Waals surface area contributed by atoms with Crippen LogP contribution >= 0.6 is 0 Å². The number of likely N-dealkylation sites (tertiary alicyclic amines) is 1. The number of hydrogen-bond donors (Lipinski definition) is 0. The van der Waals surface area contributed by atoms with Crippen LogP contribution in [-0.2, 0) is 22.6 Å². The minimum absolute atomic E-state index is 0.147. The molecule has 1 aliphatic heterocycles. The van der Waals surface area contributed by atoms with Crippen molar-refractivity contribution in [2.75, 3.05) is 19.7 Å². The van der Waals surface area contributed by atoms with Crippen LogP contribution in [0.3, 0.4) is 0 Å². The minimum atomic E-state index is -0.543. The van der Waals surface area contributed by atoms with E-state index in [9.17, 15) is 4.79 Å². The van der Waals surface area contributed by atoms with Crippen molar-refractivity contribution in [2.45, 2.75) is 58.0 Å². The molecule has 0 saturated carbocycles. The van der Waals surface area contributed by atoms with Gasteiger partial charge in [-0.1, -0.05) is 48.5 Å². The first kappa shape index (κ1) is 26.7. The fraction of sp³-hybridized carbons (Fsp3) is 0.387. The lowest BCUT2D eigenvalue weighted by atomic mass is 9.87. The first-order valence-electron chi connectivity index (χ1n) is 13.5. The van der Waals surface area contributed by atoms with Crippen LogP contribution in [-0.4, -0.2) is 57.2 Å². The number of hydrogen-bond acceptors (Lipinski definition) is 6. The van der Waals surface area contributed by atoms with Crippen molar-refractivity contribution in [1.29, 1.82) is 0 Å². The van der Waals surface area contributed by atoms with E-state index in [4.69, 9.17) is 14.2 Å². The molecule has 8 nitrogen and oxygen atoms in total. The van der Waals surface area contributed by atoms with Gasteiger partial charge in [0.25, 0.3) is 0 Å². The summed E-state index contributed by atoms with van der Waals surface area (Å²) in [5.74, 6) is 0.951. The molecule has 2 unspecified atom stereocenters. The first-order valence-corrected chi connectivity index (χ1v) is 13.5. The highest BCUT2D eigenvalue weighted by Crippen LogP contribution is 2.33. The average Bonchev–Trinajstić information content (AvgIpc) is 3.45. The van der Waals surface area contributed by atoms with Gasteiger partial charge < -0.3 is 19.1 Å². The molecule has 0 bridgehead atoms. The Hall–Kier alpha value is -3.91. The van der Waals surface area contributed by atoms with E-state index in [0.717, 1.165) is 17.7 Å². The lowest BCUT2D eigenvalue weighted by molar-refractivity contribution is -0.0359. The summed E-state index contributed by atoms with van der Waals surface area (Å²) in [7, 11) is 0.